The third-order valence-corrected chi connectivity index (χ3v) is 4.92. The molecule has 1 fully saturated rings. The SMILES string of the molecule is CCN(CCn1c(CCl)nc2cc(F)c(Br)cc21)C1CC1. The van der Waals surface area contributed by atoms with Crippen molar-refractivity contribution in [1.29, 1.82) is 0 Å². The number of imidazole rings is 1. The lowest BCUT2D eigenvalue weighted by atomic mass is 10.3. The molecule has 0 N–H and O–H groups in total. The van der Waals surface area contributed by atoms with E-state index in [4.69, 9.17) is 11.6 Å². The smallest absolute Gasteiger partial charge is 0.139 e. The lowest BCUT2D eigenvalue weighted by Crippen LogP contribution is -2.29. The molecule has 1 aliphatic rings. The van der Waals surface area contributed by atoms with E-state index in [1.165, 1.54) is 18.9 Å². The summed E-state index contributed by atoms with van der Waals surface area (Å²) in [6.45, 7) is 5.07. The second-order valence-electron chi connectivity index (χ2n) is 5.43. The van der Waals surface area contributed by atoms with Gasteiger partial charge in [-0.2, -0.15) is 0 Å². The second kappa shape index (κ2) is 6.23. The standard InChI is InChI=1S/C15H18BrClFN3/c1-2-20(10-3-4-10)5-6-21-14-7-11(16)12(18)8-13(14)19-15(21)9-17/h7-8,10H,2-6,9H2,1H3. The van der Waals surface area contributed by atoms with Gasteiger partial charge in [0.05, 0.1) is 21.4 Å². The molecule has 1 heterocycles. The Morgan fingerprint density at radius 2 is 2.24 bits per heavy atom. The molecule has 0 amide bonds. The van der Waals surface area contributed by atoms with E-state index in [9.17, 15) is 4.39 Å². The Labute approximate surface area is 137 Å². The summed E-state index contributed by atoms with van der Waals surface area (Å²) in [4.78, 5) is 6.94. The van der Waals surface area contributed by atoms with Crippen LogP contribution in [0.4, 0.5) is 4.39 Å². The molecule has 0 bridgehead atoms. The zero-order valence-corrected chi connectivity index (χ0v) is 14.3. The van der Waals surface area contributed by atoms with Crippen molar-refractivity contribution in [3.8, 4) is 0 Å². The second-order valence-corrected chi connectivity index (χ2v) is 6.55. The predicted octanol–water partition coefficient (Wildman–Crippen LogP) is 4.16. The minimum absolute atomic E-state index is 0.290. The van der Waals surface area contributed by atoms with E-state index >= 15 is 0 Å². The minimum atomic E-state index is -0.290. The number of benzene rings is 1. The fraction of sp³-hybridized carbons (Fsp3) is 0.533. The van der Waals surface area contributed by atoms with Crippen LogP contribution < -0.4 is 0 Å². The van der Waals surface area contributed by atoms with E-state index in [1.54, 1.807) is 6.07 Å². The van der Waals surface area contributed by atoms with E-state index in [1.807, 2.05) is 0 Å². The highest BCUT2D eigenvalue weighted by Gasteiger charge is 2.27. The van der Waals surface area contributed by atoms with E-state index in [-0.39, 0.29) is 5.82 Å². The first-order valence-electron chi connectivity index (χ1n) is 7.28. The van der Waals surface area contributed by atoms with Crippen molar-refractivity contribution >= 4 is 38.6 Å². The average Bonchev–Trinajstić information content (AvgIpc) is 3.25. The fourth-order valence-electron chi connectivity index (χ4n) is 2.79. The monoisotopic (exact) mass is 373 g/mol. The van der Waals surface area contributed by atoms with Gasteiger partial charge in [-0.3, -0.25) is 4.90 Å². The summed E-state index contributed by atoms with van der Waals surface area (Å²) in [5, 5.41) is 0. The summed E-state index contributed by atoms with van der Waals surface area (Å²) >= 11 is 9.25. The molecule has 3 rings (SSSR count). The number of alkyl halides is 1. The summed E-state index contributed by atoms with van der Waals surface area (Å²) in [6.07, 6.45) is 2.61. The molecule has 0 atom stereocenters. The van der Waals surface area contributed by atoms with Gasteiger partial charge in [0.1, 0.15) is 11.6 Å². The van der Waals surface area contributed by atoms with Crippen molar-refractivity contribution in [3.63, 3.8) is 0 Å². The van der Waals surface area contributed by atoms with Gasteiger partial charge in [0.15, 0.2) is 0 Å². The molecule has 0 radical (unpaired) electrons. The fourth-order valence-corrected chi connectivity index (χ4v) is 3.32. The van der Waals surface area contributed by atoms with Crippen LogP contribution in [0.1, 0.15) is 25.6 Å². The Kier molecular flexibility index (Phi) is 4.52. The zero-order valence-electron chi connectivity index (χ0n) is 12.0. The maximum absolute atomic E-state index is 13.6. The average molecular weight is 375 g/mol. The Balaban J connectivity index is 1.90. The van der Waals surface area contributed by atoms with Gasteiger partial charge in [-0.1, -0.05) is 6.92 Å². The number of halogens is 3. The van der Waals surface area contributed by atoms with E-state index < -0.39 is 0 Å². The molecular weight excluding hydrogens is 357 g/mol. The molecule has 0 aliphatic heterocycles. The summed E-state index contributed by atoms with van der Waals surface area (Å²) in [6, 6.07) is 4.00. The first-order chi connectivity index (χ1) is 10.1. The maximum Gasteiger partial charge on any atom is 0.139 e. The number of hydrogen-bond acceptors (Lipinski definition) is 2. The van der Waals surface area contributed by atoms with E-state index in [2.05, 4.69) is 37.3 Å². The molecule has 2 aromatic rings. The molecule has 1 saturated carbocycles. The summed E-state index contributed by atoms with van der Waals surface area (Å²) in [7, 11) is 0. The number of aromatic nitrogens is 2. The Morgan fingerprint density at radius 1 is 1.48 bits per heavy atom. The highest BCUT2D eigenvalue weighted by Crippen LogP contribution is 2.28. The Hall–Kier alpha value is -0.650. The van der Waals surface area contributed by atoms with Gasteiger partial charge in [0.25, 0.3) is 0 Å². The molecule has 0 saturated heterocycles. The predicted molar refractivity (Wildman–Crippen MR) is 87.2 cm³/mol. The molecule has 1 aliphatic carbocycles. The third-order valence-electron chi connectivity index (χ3n) is 4.07. The molecule has 3 nitrogen and oxygen atoms in total. The third kappa shape index (κ3) is 3.10. The molecule has 0 spiro atoms. The molecule has 1 aromatic heterocycles. The van der Waals surface area contributed by atoms with Gasteiger partial charge in [0.2, 0.25) is 0 Å². The number of hydrogen-bond donors (Lipinski definition) is 0. The molecule has 1 aromatic carbocycles. The molecule has 6 heteroatoms. The van der Waals surface area contributed by atoms with Crippen LogP contribution in [0.2, 0.25) is 0 Å². The Bertz CT molecular complexity index is 654. The first kappa shape index (κ1) is 15.3. The highest BCUT2D eigenvalue weighted by molar-refractivity contribution is 9.10. The summed E-state index contributed by atoms with van der Waals surface area (Å²) < 4.78 is 16.2. The van der Waals surface area contributed by atoms with Crippen LogP contribution in [0.15, 0.2) is 16.6 Å². The van der Waals surface area contributed by atoms with Crippen LogP contribution in [0.25, 0.3) is 11.0 Å². The maximum atomic E-state index is 13.6. The van der Waals surface area contributed by atoms with Crippen LogP contribution in [0.5, 0.6) is 0 Å². The van der Waals surface area contributed by atoms with Gasteiger partial charge in [-0.25, -0.2) is 9.37 Å². The summed E-state index contributed by atoms with van der Waals surface area (Å²) in [5.74, 6) is 0.848. The van der Waals surface area contributed by atoms with Crippen LogP contribution >= 0.6 is 27.5 Å². The van der Waals surface area contributed by atoms with Gasteiger partial charge in [-0.05, 0) is 41.4 Å². The van der Waals surface area contributed by atoms with Crippen LogP contribution in [0.3, 0.4) is 0 Å². The summed E-state index contributed by atoms with van der Waals surface area (Å²) in [5.41, 5.74) is 1.60. The van der Waals surface area contributed by atoms with Gasteiger partial charge in [-0.15, -0.1) is 11.6 Å². The van der Waals surface area contributed by atoms with Crippen LogP contribution in [0, 0.1) is 5.82 Å². The van der Waals surface area contributed by atoms with Crippen molar-refractivity contribution in [2.24, 2.45) is 0 Å². The van der Waals surface area contributed by atoms with Gasteiger partial charge in [0, 0.05) is 25.2 Å². The molecular formula is C15H18BrClFN3. The molecule has 0 unspecified atom stereocenters. The number of nitrogens with zero attached hydrogens (tertiary/aromatic N) is 3. The lowest BCUT2D eigenvalue weighted by molar-refractivity contribution is 0.266. The van der Waals surface area contributed by atoms with Crippen molar-refractivity contribution in [3.05, 3.63) is 28.2 Å². The number of rotatable bonds is 6. The normalized spacial score (nSPS) is 15.3. The molecule has 21 heavy (non-hydrogen) atoms. The van der Waals surface area contributed by atoms with Crippen molar-refractivity contribution in [1.82, 2.24) is 14.5 Å². The number of fused-ring (bicyclic) bond motifs is 1. The largest absolute Gasteiger partial charge is 0.326 e. The van der Waals surface area contributed by atoms with E-state index in [0.717, 1.165) is 37.0 Å². The topological polar surface area (TPSA) is 21.1 Å². The molecule has 114 valence electrons. The van der Waals surface area contributed by atoms with Crippen molar-refractivity contribution in [2.45, 2.75) is 38.2 Å². The highest BCUT2D eigenvalue weighted by atomic mass is 79.9. The zero-order chi connectivity index (χ0) is 15.0. The minimum Gasteiger partial charge on any atom is -0.326 e. The van der Waals surface area contributed by atoms with Gasteiger partial charge >= 0.3 is 0 Å². The Morgan fingerprint density at radius 3 is 2.86 bits per heavy atom. The van der Waals surface area contributed by atoms with Crippen LogP contribution in [-0.4, -0.2) is 33.6 Å². The van der Waals surface area contributed by atoms with E-state index in [0.29, 0.717) is 15.9 Å². The number of likely N-dealkylation sites (N-methyl/N-ethyl adjacent to an activating group) is 1. The van der Waals surface area contributed by atoms with Gasteiger partial charge < -0.3 is 4.57 Å². The quantitative estimate of drug-likeness (QED) is 0.708. The van der Waals surface area contributed by atoms with Crippen LogP contribution in [-0.2, 0) is 12.4 Å². The lowest BCUT2D eigenvalue weighted by Gasteiger charge is -2.20. The van der Waals surface area contributed by atoms with Crippen molar-refractivity contribution < 1.29 is 4.39 Å². The van der Waals surface area contributed by atoms with Crippen molar-refractivity contribution in [2.75, 3.05) is 13.1 Å². The first-order valence-corrected chi connectivity index (χ1v) is 8.61.